The summed E-state index contributed by atoms with van der Waals surface area (Å²) >= 11 is 5.45. The van der Waals surface area contributed by atoms with Gasteiger partial charge in [0.05, 0.1) is 16.0 Å². The molecule has 0 aliphatic heterocycles. The predicted molar refractivity (Wildman–Crippen MR) is 55.3 cm³/mol. The van der Waals surface area contributed by atoms with Crippen LogP contribution in [0.4, 0.5) is 17.6 Å². The molecule has 1 aliphatic carbocycles. The SMILES string of the molecule is O=C(O)c1c(C2(C(F)(F)F)CC2)ccc(F)c1Cl. The minimum Gasteiger partial charge on any atom is -0.478 e. The second-order valence-corrected chi connectivity index (χ2v) is 4.55. The highest BCUT2D eigenvalue weighted by molar-refractivity contribution is 6.33. The van der Waals surface area contributed by atoms with Crippen molar-refractivity contribution in [2.24, 2.45) is 0 Å². The van der Waals surface area contributed by atoms with Crippen molar-refractivity contribution >= 4 is 17.6 Å². The summed E-state index contributed by atoms with van der Waals surface area (Å²) in [6.07, 6.45) is -4.99. The monoisotopic (exact) mass is 282 g/mol. The maximum absolute atomic E-state index is 13.1. The van der Waals surface area contributed by atoms with E-state index in [-0.39, 0.29) is 12.8 Å². The number of carboxylic acids is 1. The summed E-state index contributed by atoms with van der Waals surface area (Å²) < 4.78 is 51.9. The summed E-state index contributed by atoms with van der Waals surface area (Å²) in [5.74, 6) is -2.71. The molecule has 0 atom stereocenters. The van der Waals surface area contributed by atoms with Crippen molar-refractivity contribution in [3.05, 3.63) is 34.1 Å². The number of carbonyl (C=O) groups is 1. The van der Waals surface area contributed by atoms with E-state index < -0.39 is 39.5 Å². The molecule has 1 N–H and O–H groups in total. The number of aromatic carboxylic acids is 1. The molecule has 1 aromatic carbocycles. The Labute approximate surface area is 104 Å². The fourth-order valence-corrected chi connectivity index (χ4v) is 2.23. The summed E-state index contributed by atoms with van der Waals surface area (Å²) in [7, 11) is 0. The number of hydrogen-bond acceptors (Lipinski definition) is 1. The molecule has 2 nitrogen and oxygen atoms in total. The molecule has 1 saturated carbocycles. The molecular weight excluding hydrogens is 276 g/mol. The lowest BCUT2D eigenvalue weighted by atomic mass is 9.90. The van der Waals surface area contributed by atoms with Gasteiger partial charge in [-0.05, 0) is 24.5 Å². The molecule has 0 amide bonds. The minimum atomic E-state index is -4.57. The van der Waals surface area contributed by atoms with Crippen molar-refractivity contribution in [2.75, 3.05) is 0 Å². The van der Waals surface area contributed by atoms with Gasteiger partial charge in [-0.15, -0.1) is 0 Å². The number of alkyl halides is 3. The fourth-order valence-electron chi connectivity index (χ4n) is 1.99. The van der Waals surface area contributed by atoms with Crippen LogP contribution in [-0.2, 0) is 5.41 Å². The van der Waals surface area contributed by atoms with Gasteiger partial charge in [-0.1, -0.05) is 17.7 Å². The van der Waals surface area contributed by atoms with Gasteiger partial charge in [0.15, 0.2) is 0 Å². The van der Waals surface area contributed by atoms with Crippen LogP contribution in [0.15, 0.2) is 12.1 Å². The molecule has 0 heterocycles. The molecular formula is C11H7ClF4O2. The van der Waals surface area contributed by atoms with Gasteiger partial charge < -0.3 is 5.11 Å². The van der Waals surface area contributed by atoms with Gasteiger partial charge in [0.2, 0.25) is 0 Å². The van der Waals surface area contributed by atoms with Crippen molar-refractivity contribution in [1.29, 1.82) is 0 Å². The smallest absolute Gasteiger partial charge is 0.398 e. The molecule has 1 aromatic rings. The number of halogens is 5. The largest absolute Gasteiger partial charge is 0.478 e. The first-order valence-corrected chi connectivity index (χ1v) is 5.37. The van der Waals surface area contributed by atoms with Crippen molar-refractivity contribution in [2.45, 2.75) is 24.4 Å². The van der Waals surface area contributed by atoms with Crippen molar-refractivity contribution in [1.82, 2.24) is 0 Å². The zero-order valence-electron chi connectivity index (χ0n) is 8.81. The second-order valence-electron chi connectivity index (χ2n) is 4.17. The highest BCUT2D eigenvalue weighted by Gasteiger charge is 2.65. The lowest BCUT2D eigenvalue weighted by Crippen LogP contribution is -2.30. The first-order valence-electron chi connectivity index (χ1n) is 4.99. The zero-order chi connectivity index (χ0) is 13.7. The van der Waals surface area contributed by atoms with E-state index in [2.05, 4.69) is 0 Å². The fraction of sp³-hybridized carbons (Fsp3) is 0.364. The second kappa shape index (κ2) is 3.85. The molecule has 98 valence electrons. The molecule has 0 aromatic heterocycles. The van der Waals surface area contributed by atoms with Gasteiger partial charge in [0, 0.05) is 0 Å². The minimum absolute atomic E-state index is 0.210. The third-order valence-corrected chi connectivity index (χ3v) is 3.49. The average Bonchev–Trinajstić information content (AvgIpc) is 3.01. The quantitative estimate of drug-likeness (QED) is 0.838. The Bertz CT molecular complexity index is 521. The molecule has 0 spiro atoms. The Morgan fingerprint density at radius 1 is 1.33 bits per heavy atom. The Balaban J connectivity index is 2.67. The Morgan fingerprint density at radius 2 is 1.89 bits per heavy atom. The molecule has 0 radical (unpaired) electrons. The predicted octanol–water partition coefficient (Wildman–Crippen LogP) is 3.77. The lowest BCUT2D eigenvalue weighted by molar-refractivity contribution is -0.160. The third kappa shape index (κ3) is 1.75. The molecule has 18 heavy (non-hydrogen) atoms. The molecule has 1 aliphatic rings. The van der Waals surface area contributed by atoms with E-state index in [1.54, 1.807) is 0 Å². The Hall–Kier alpha value is -1.30. The first-order chi connectivity index (χ1) is 8.21. The van der Waals surface area contributed by atoms with E-state index in [9.17, 15) is 22.4 Å². The van der Waals surface area contributed by atoms with E-state index in [4.69, 9.17) is 16.7 Å². The van der Waals surface area contributed by atoms with Gasteiger partial charge in [-0.3, -0.25) is 0 Å². The van der Waals surface area contributed by atoms with Crippen LogP contribution >= 0.6 is 11.6 Å². The molecule has 2 rings (SSSR count). The summed E-state index contributed by atoms with van der Waals surface area (Å²) in [5, 5.41) is 8.13. The van der Waals surface area contributed by atoms with Crippen molar-refractivity contribution in [3.8, 4) is 0 Å². The average molecular weight is 283 g/mol. The maximum Gasteiger partial charge on any atom is 0.398 e. The van der Waals surface area contributed by atoms with Crippen LogP contribution in [0.2, 0.25) is 5.02 Å². The van der Waals surface area contributed by atoms with E-state index in [1.165, 1.54) is 0 Å². The zero-order valence-corrected chi connectivity index (χ0v) is 9.57. The number of hydrogen-bond donors (Lipinski definition) is 1. The van der Waals surface area contributed by atoms with E-state index >= 15 is 0 Å². The summed E-state index contributed by atoms with van der Waals surface area (Å²) in [6.45, 7) is 0. The van der Waals surface area contributed by atoms with Crippen LogP contribution in [-0.4, -0.2) is 17.3 Å². The summed E-state index contributed by atoms with van der Waals surface area (Å²) in [4.78, 5) is 11.0. The topological polar surface area (TPSA) is 37.3 Å². The standard InChI is InChI=1S/C11H7ClF4O2/c12-8-6(13)2-1-5(7(8)9(17)18)10(3-4-10)11(14,15)16/h1-2H,3-4H2,(H,17,18). The highest BCUT2D eigenvalue weighted by atomic mass is 35.5. The highest BCUT2D eigenvalue weighted by Crippen LogP contribution is 2.60. The van der Waals surface area contributed by atoms with E-state index in [0.717, 1.165) is 12.1 Å². The van der Waals surface area contributed by atoms with Crippen LogP contribution in [0.5, 0.6) is 0 Å². The number of rotatable bonds is 2. The van der Waals surface area contributed by atoms with Gasteiger partial charge in [0.25, 0.3) is 0 Å². The molecule has 0 unspecified atom stereocenters. The van der Waals surface area contributed by atoms with Crippen LogP contribution < -0.4 is 0 Å². The van der Waals surface area contributed by atoms with E-state index in [1.807, 2.05) is 0 Å². The number of carboxylic acid groups (broad SMARTS) is 1. The third-order valence-electron chi connectivity index (χ3n) is 3.12. The van der Waals surface area contributed by atoms with Gasteiger partial charge in [0.1, 0.15) is 5.82 Å². The summed E-state index contributed by atoms with van der Waals surface area (Å²) in [6, 6.07) is 1.61. The van der Waals surface area contributed by atoms with Crippen molar-refractivity contribution < 1.29 is 27.5 Å². The lowest BCUT2D eigenvalue weighted by Gasteiger charge is -2.22. The van der Waals surface area contributed by atoms with E-state index in [0.29, 0.717) is 0 Å². The van der Waals surface area contributed by atoms with Gasteiger partial charge >= 0.3 is 12.1 Å². The molecule has 0 bridgehead atoms. The Kier molecular flexibility index (Phi) is 2.81. The Morgan fingerprint density at radius 3 is 2.28 bits per heavy atom. The normalized spacial score (nSPS) is 17.6. The van der Waals surface area contributed by atoms with Crippen LogP contribution in [0.1, 0.15) is 28.8 Å². The van der Waals surface area contributed by atoms with Gasteiger partial charge in [-0.2, -0.15) is 13.2 Å². The molecule has 0 saturated heterocycles. The van der Waals surface area contributed by atoms with Crippen LogP contribution in [0, 0.1) is 5.82 Å². The molecule has 7 heteroatoms. The summed E-state index contributed by atoms with van der Waals surface area (Å²) in [5.41, 5.74) is -3.46. The van der Waals surface area contributed by atoms with Gasteiger partial charge in [-0.25, -0.2) is 9.18 Å². The maximum atomic E-state index is 13.1. The van der Waals surface area contributed by atoms with Crippen molar-refractivity contribution in [3.63, 3.8) is 0 Å². The van der Waals surface area contributed by atoms with Crippen LogP contribution in [0.3, 0.4) is 0 Å². The number of benzene rings is 1. The van der Waals surface area contributed by atoms with Crippen LogP contribution in [0.25, 0.3) is 0 Å². The molecule has 1 fully saturated rings. The first kappa shape index (κ1) is 13.1.